The minimum absolute atomic E-state index is 0.0440. The van der Waals surface area contributed by atoms with Crippen molar-refractivity contribution in [2.24, 2.45) is 0 Å². The first-order chi connectivity index (χ1) is 14.5. The van der Waals surface area contributed by atoms with Crippen molar-refractivity contribution in [3.05, 3.63) is 100 Å². The third-order valence-corrected chi connectivity index (χ3v) is 4.48. The van der Waals surface area contributed by atoms with Gasteiger partial charge in [0.15, 0.2) is 0 Å². The largest absolute Gasteiger partial charge is 0.495 e. The molecule has 3 aromatic rings. The molecule has 7 heteroatoms. The average molecular weight is 425 g/mol. The average Bonchev–Trinajstić information content (AvgIpc) is 2.75. The highest BCUT2D eigenvalue weighted by atomic mass is 35.5. The summed E-state index contributed by atoms with van der Waals surface area (Å²) >= 11 is 6.09. The molecule has 0 aliphatic heterocycles. The summed E-state index contributed by atoms with van der Waals surface area (Å²) < 4.78 is 18.5. The Morgan fingerprint density at radius 3 is 2.33 bits per heavy atom. The quantitative estimate of drug-likeness (QED) is 0.553. The Hall–Kier alpha value is -3.64. The first-order valence-electron chi connectivity index (χ1n) is 8.95. The second kappa shape index (κ2) is 9.71. The molecular formula is C23H18ClFN2O3. The number of amides is 2. The molecular weight excluding hydrogens is 407 g/mol. The van der Waals surface area contributed by atoms with Gasteiger partial charge in [0.2, 0.25) is 0 Å². The Labute approximate surface area is 178 Å². The van der Waals surface area contributed by atoms with Gasteiger partial charge in [-0.2, -0.15) is 0 Å². The molecule has 0 aliphatic carbocycles. The molecule has 0 aromatic heterocycles. The first kappa shape index (κ1) is 21.1. The van der Waals surface area contributed by atoms with Crippen molar-refractivity contribution in [3.63, 3.8) is 0 Å². The maximum atomic E-state index is 13.2. The van der Waals surface area contributed by atoms with Crippen molar-refractivity contribution in [2.45, 2.75) is 0 Å². The van der Waals surface area contributed by atoms with Gasteiger partial charge in [0.25, 0.3) is 11.8 Å². The highest BCUT2D eigenvalue weighted by Gasteiger charge is 2.18. The van der Waals surface area contributed by atoms with E-state index in [0.29, 0.717) is 17.0 Å². The molecule has 3 aromatic carbocycles. The molecule has 0 bridgehead atoms. The molecule has 0 radical (unpaired) electrons. The third kappa shape index (κ3) is 5.24. The number of benzene rings is 3. The molecule has 5 nitrogen and oxygen atoms in total. The smallest absolute Gasteiger partial charge is 0.272 e. The number of halogens is 2. The fourth-order valence-corrected chi connectivity index (χ4v) is 2.88. The van der Waals surface area contributed by atoms with Gasteiger partial charge in [0, 0.05) is 0 Å². The number of carbonyl (C=O) groups is 2. The van der Waals surface area contributed by atoms with Crippen LogP contribution in [0, 0.1) is 5.82 Å². The highest BCUT2D eigenvalue weighted by molar-refractivity contribution is 6.34. The molecule has 0 unspecified atom stereocenters. The predicted molar refractivity (Wildman–Crippen MR) is 115 cm³/mol. The molecule has 3 rings (SSSR count). The number of hydrogen-bond donors (Lipinski definition) is 2. The summed E-state index contributed by atoms with van der Waals surface area (Å²) in [5.74, 6) is -1.08. The Balaban J connectivity index is 1.92. The summed E-state index contributed by atoms with van der Waals surface area (Å²) in [6.07, 6.45) is 1.44. The number of nitrogens with one attached hydrogen (secondary N) is 2. The van der Waals surface area contributed by atoms with Gasteiger partial charge >= 0.3 is 0 Å². The molecule has 152 valence electrons. The van der Waals surface area contributed by atoms with E-state index in [0.717, 1.165) is 0 Å². The Morgan fingerprint density at radius 1 is 0.967 bits per heavy atom. The normalized spacial score (nSPS) is 11.0. The topological polar surface area (TPSA) is 67.4 Å². The van der Waals surface area contributed by atoms with Crippen molar-refractivity contribution in [2.75, 3.05) is 12.4 Å². The molecule has 0 saturated carbocycles. The van der Waals surface area contributed by atoms with E-state index in [4.69, 9.17) is 16.3 Å². The molecule has 2 amide bonds. The lowest BCUT2D eigenvalue weighted by atomic mass is 10.1. The molecule has 30 heavy (non-hydrogen) atoms. The van der Waals surface area contributed by atoms with Gasteiger partial charge < -0.3 is 15.4 Å². The fraction of sp³-hybridized carbons (Fsp3) is 0.0435. The van der Waals surface area contributed by atoms with Crippen LogP contribution < -0.4 is 15.4 Å². The first-order valence-corrected chi connectivity index (χ1v) is 9.33. The van der Waals surface area contributed by atoms with Gasteiger partial charge in [-0.15, -0.1) is 0 Å². The van der Waals surface area contributed by atoms with Gasteiger partial charge in [0.1, 0.15) is 17.3 Å². The standard InChI is InChI=1S/C23H18ClFN2O3/c1-30-21-9-5-4-8-19(21)26-23(29)20(14-15-10-12-16(25)13-11-15)27-22(28)17-6-2-3-7-18(17)24/h2-14H,1H3,(H,26,29)(H,27,28)/b20-14+. The Bertz CT molecular complexity index is 1100. The van der Waals surface area contributed by atoms with Gasteiger partial charge in [-0.25, -0.2) is 4.39 Å². The van der Waals surface area contributed by atoms with Crippen LogP contribution in [0.4, 0.5) is 10.1 Å². The molecule has 0 aliphatic rings. The third-order valence-electron chi connectivity index (χ3n) is 4.15. The Kier molecular flexibility index (Phi) is 6.83. The van der Waals surface area contributed by atoms with Crippen LogP contribution in [0.1, 0.15) is 15.9 Å². The zero-order valence-corrected chi connectivity index (χ0v) is 16.7. The number of hydrogen-bond acceptors (Lipinski definition) is 3. The number of anilines is 1. The van der Waals surface area contributed by atoms with Crippen LogP contribution in [-0.2, 0) is 4.79 Å². The maximum Gasteiger partial charge on any atom is 0.272 e. The summed E-state index contributed by atoms with van der Waals surface area (Å²) in [6, 6.07) is 18.9. The molecule has 2 N–H and O–H groups in total. The SMILES string of the molecule is COc1ccccc1NC(=O)/C(=C\c1ccc(F)cc1)NC(=O)c1ccccc1Cl. The monoisotopic (exact) mass is 424 g/mol. The molecule has 0 spiro atoms. The van der Waals surface area contributed by atoms with Gasteiger partial charge in [-0.1, -0.05) is 48.0 Å². The van der Waals surface area contributed by atoms with Crippen LogP contribution in [-0.4, -0.2) is 18.9 Å². The number of rotatable bonds is 6. The van der Waals surface area contributed by atoms with Crippen LogP contribution >= 0.6 is 11.6 Å². The minimum atomic E-state index is -0.579. The van der Waals surface area contributed by atoms with E-state index < -0.39 is 17.6 Å². The maximum absolute atomic E-state index is 13.2. The van der Waals surface area contributed by atoms with Crippen LogP contribution in [0.25, 0.3) is 6.08 Å². The Morgan fingerprint density at radius 2 is 1.63 bits per heavy atom. The number of para-hydroxylation sites is 2. The summed E-state index contributed by atoms with van der Waals surface area (Å²) in [6.45, 7) is 0. The van der Waals surface area contributed by atoms with Crippen LogP contribution in [0.5, 0.6) is 5.75 Å². The minimum Gasteiger partial charge on any atom is -0.495 e. The van der Waals surface area contributed by atoms with Gasteiger partial charge in [-0.3, -0.25) is 9.59 Å². The predicted octanol–water partition coefficient (Wildman–Crippen LogP) is 4.90. The van der Waals surface area contributed by atoms with Crippen molar-refractivity contribution < 1.29 is 18.7 Å². The van der Waals surface area contributed by atoms with E-state index in [2.05, 4.69) is 10.6 Å². The summed E-state index contributed by atoms with van der Waals surface area (Å²) in [5.41, 5.74) is 1.13. The van der Waals surface area contributed by atoms with Crippen LogP contribution in [0.2, 0.25) is 5.02 Å². The van der Waals surface area contributed by atoms with Gasteiger partial charge in [-0.05, 0) is 48.0 Å². The molecule has 0 fully saturated rings. The molecule has 0 atom stereocenters. The van der Waals surface area contributed by atoms with E-state index in [-0.39, 0.29) is 16.3 Å². The van der Waals surface area contributed by atoms with E-state index in [9.17, 15) is 14.0 Å². The number of methoxy groups -OCH3 is 1. The lowest BCUT2D eigenvalue weighted by Crippen LogP contribution is -2.31. The molecule has 0 heterocycles. The number of carbonyl (C=O) groups excluding carboxylic acids is 2. The van der Waals surface area contributed by atoms with Crippen molar-refractivity contribution in [1.82, 2.24) is 5.32 Å². The number of ether oxygens (including phenoxy) is 1. The highest BCUT2D eigenvalue weighted by Crippen LogP contribution is 2.24. The molecule has 0 saturated heterocycles. The second-order valence-corrected chi connectivity index (χ2v) is 6.61. The summed E-state index contributed by atoms with van der Waals surface area (Å²) in [4.78, 5) is 25.6. The lowest BCUT2D eigenvalue weighted by molar-refractivity contribution is -0.113. The van der Waals surface area contributed by atoms with Crippen LogP contribution in [0.15, 0.2) is 78.5 Å². The zero-order valence-electron chi connectivity index (χ0n) is 16.0. The van der Waals surface area contributed by atoms with E-state index in [1.165, 1.54) is 37.5 Å². The van der Waals surface area contributed by atoms with Crippen molar-refractivity contribution in [3.8, 4) is 5.75 Å². The van der Waals surface area contributed by atoms with Crippen molar-refractivity contribution >= 4 is 35.2 Å². The van der Waals surface area contributed by atoms with Crippen molar-refractivity contribution in [1.29, 1.82) is 0 Å². The second-order valence-electron chi connectivity index (χ2n) is 6.20. The lowest BCUT2D eigenvalue weighted by Gasteiger charge is -2.13. The van der Waals surface area contributed by atoms with E-state index in [1.54, 1.807) is 48.5 Å². The zero-order chi connectivity index (χ0) is 21.5. The van der Waals surface area contributed by atoms with E-state index in [1.807, 2.05) is 0 Å². The summed E-state index contributed by atoms with van der Waals surface area (Å²) in [5, 5.41) is 5.55. The van der Waals surface area contributed by atoms with Crippen LogP contribution in [0.3, 0.4) is 0 Å². The summed E-state index contributed by atoms with van der Waals surface area (Å²) in [7, 11) is 1.49. The fourth-order valence-electron chi connectivity index (χ4n) is 2.66. The van der Waals surface area contributed by atoms with E-state index >= 15 is 0 Å². The van der Waals surface area contributed by atoms with Gasteiger partial charge in [0.05, 0.1) is 23.4 Å².